The highest BCUT2D eigenvalue weighted by atomic mass is 16.4. The Morgan fingerprint density at radius 1 is 1.05 bits per heavy atom. The molecule has 0 spiro atoms. The third-order valence-electron chi connectivity index (χ3n) is 2.71. The van der Waals surface area contributed by atoms with Crippen molar-refractivity contribution in [1.82, 2.24) is 16.0 Å². The molecule has 0 fully saturated rings. The molecule has 4 N–H and O–H groups in total. The van der Waals surface area contributed by atoms with Crippen LogP contribution in [-0.4, -0.2) is 42.1 Å². The summed E-state index contributed by atoms with van der Waals surface area (Å²) in [5.41, 5.74) is 0. The number of aliphatic carboxylic acids is 1. The van der Waals surface area contributed by atoms with Crippen LogP contribution >= 0.6 is 0 Å². The number of hydrogen-bond acceptors (Lipinski definition) is 3. The average Bonchev–Trinajstić information content (AvgIpc) is 2.35. The molecule has 2 unspecified atom stereocenters. The number of hydrogen-bond donors (Lipinski definition) is 4. The molecule has 0 aliphatic rings. The summed E-state index contributed by atoms with van der Waals surface area (Å²) >= 11 is 0. The first-order valence-electron chi connectivity index (χ1n) is 6.79. The maximum absolute atomic E-state index is 11.6. The second kappa shape index (κ2) is 9.17. The molecule has 20 heavy (non-hydrogen) atoms. The van der Waals surface area contributed by atoms with Crippen LogP contribution in [0, 0.1) is 11.8 Å². The quantitative estimate of drug-likeness (QED) is 0.523. The van der Waals surface area contributed by atoms with Crippen LogP contribution < -0.4 is 16.0 Å². The molecule has 0 heterocycles. The lowest BCUT2D eigenvalue weighted by Crippen LogP contribution is -2.49. The van der Waals surface area contributed by atoms with Crippen molar-refractivity contribution in [1.29, 1.82) is 0 Å². The highest BCUT2D eigenvalue weighted by molar-refractivity contribution is 5.86. The summed E-state index contributed by atoms with van der Waals surface area (Å²) < 4.78 is 0. The van der Waals surface area contributed by atoms with Crippen molar-refractivity contribution >= 4 is 17.9 Å². The molecule has 116 valence electrons. The minimum Gasteiger partial charge on any atom is -0.481 e. The second-order valence-electron chi connectivity index (χ2n) is 5.29. The van der Waals surface area contributed by atoms with E-state index in [1.54, 1.807) is 13.8 Å². The summed E-state index contributed by atoms with van der Waals surface area (Å²) in [6.45, 7) is 7.94. The summed E-state index contributed by atoms with van der Waals surface area (Å²) in [6.07, 6.45) is 0.344. The fraction of sp³-hybridized carbons (Fsp3) is 0.769. The van der Waals surface area contributed by atoms with Gasteiger partial charge in [0.15, 0.2) is 0 Å². The van der Waals surface area contributed by atoms with E-state index in [9.17, 15) is 14.4 Å². The van der Waals surface area contributed by atoms with E-state index in [-0.39, 0.29) is 12.5 Å². The smallest absolute Gasteiger partial charge is 0.315 e. The van der Waals surface area contributed by atoms with Gasteiger partial charge in [0.2, 0.25) is 5.91 Å². The number of carboxylic acid groups (broad SMARTS) is 1. The van der Waals surface area contributed by atoms with Gasteiger partial charge >= 0.3 is 12.0 Å². The summed E-state index contributed by atoms with van der Waals surface area (Å²) in [5.74, 6) is -1.30. The molecule has 0 aliphatic heterocycles. The maximum Gasteiger partial charge on any atom is 0.315 e. The Bertz CT molecular complexity index is 345. The number of urea groups is 1. The summed E-state index contributed by atoms with van der Waals surface area (Å²) in [7, 11) is 0. The first kappa shape index (κ1) is 18.2. The second-order valence-corrected chi connectivity index (χ2v) is 5.29. The van der Waals surface area contributed by atoms with Crippen LogP contribution in [0.4, 0.5) is 4.79 Å². The minimum absolute atomic E-state index is 0.243. The Morgan fingerprint density at radius 3 is 2.15 bits per heavy atom. The van der Waals surface area contributed by atoms with Crippen molar-refractivity contribution in [2.24, 2.45) is 11.8 Å². The number of rotatable bonds is 8. The van der Waals surface area contributed by atoms with Gasteiger partial charge in [-0.15, -0.1) is 0 Å². The highest BCUT2D eigenvalue weighted by Gasteiger charge is 2.16. The molecule has 0 aliphatic carbocycles. The van der Waals surface area contributed by atoms with E-state index in [4.69, 9.17) is 5.11 Å². The molecule has 0 saturated heterocycles. The van der Waals surface area contributed by atoms with Crippen LogP contribution in [0.5, 0.6) is 0 Å². The fourth-order valence-electron chi connectivity index (χ4n) is 1.30. The molecule has 2 atom stereocenters. The molecular weight excluding hydrogens is 262 g/mol. The number of carboxylic acids is 1. The van der Waals surface area contributed by atoms with E-state index in [1.165, 1.54) is 0 Å². The van der Waals surface area contributed by atoms with Gasteiger partial charge in [-0.25, -0.2) is 4.79 Å². The van der Waals surface area contributed by atoms with Gasteiger partial charge in [0.25, 0.3) is 0 Å². The third-order valence-corrected chi connectivity index (χ3v) is 2.71. The van der Waals surface area contributed by atoms with Gasteiger partial charge in [-0.05, 0) is 19.3 Å². The van der Waals surface area contributed by atoms with Gasteiger partial charge in [0.1, 0.15) is 6.04 Å². The monoisotopic (exact) mass is 287 g/mol. The van der Waals surface area contributed by atoms with E-state index in [2.05, 4.69) is 16.0 Å². The van der Waals surface area contributed by atoms with E-state index >= 15 is 0 Å². The Labute approximate surface area is 119 Å². The molecule has 0 aromatic heterocycles. The number of carbonyl (C=O) groups excluding carboxylic acids is 2. The fourth-order valence-corrected chi connectivity index (χ4v) is 1.30. The Morgan fingerprint density at radius 2 is 1.65 bits per heavy atom. The first-order chi connectivity index (χ1) is 9.23. The molecule has 0 aromatic rings. The zero-order valence-corrected chi connectivity index (χ0v) is 12.5. The summed E-state index contributed by atoms with van der Waals surface area (Å²) in [5, 5.41) is 16.4. The molecule has 0 saturated carbocycles. The van der Waals surface area contributed by atoms with Crippen molar-refractivity contribution in [3.63, 3.8) is 0 Å². The van der Waals surface area contributed by atoms with Gasteiger partial charge in [0, 0.05) is 13.1 Å². The summed E-state index contributed by atoms with van der Waals surface area (Å²) in [6, 6.07) is -1.11. The van der Waals surface area contributed by atoms with E-state index in [1.807, 2.05) is 13.8 Å². The van der Waals surface area contributed by atoms with E-state index in [0.29, 0.717) is 18.9 Å². The number of nitrogens with one attached hydrogen (secondary N) is 3. The third kappa shape index (κ3) is 8.34. The number of amides is 3. The normalized spacial score (nSPS) is 13.4. The topological polar surface area (TPSA) is 108 Å². The number of carbonyl (C=O) groups is 3. The molecule has 0 aromatic carbocycles. The zero-order chi connectivity index (χ0) is 15.7. The van der Waals surface area contributed by atoms with Gasteiger partial charge in [-0.1, -0.05) is 20.8 Å². The Hall–Kier alpha value is -1.79. The van der Waals surface area contributed by atoms with Crippen molar-refractivity contribution in [2.75, 3.05) is 13.1 Å². The van der Waals surface area contributed by atoms with Gasteiger partial charge in [0.05, 0.1) is 5.92 Å². The lowest BCUT2D eigenvalue weighted by Gasteiger charge is -2.16. The van der Waals surface area contributed by atoms with Crippen molar-refractivity contribution in [3.8, 4) is 0 Å². The molecule has 7 heteroatoms. The van der Waals surface area contributed by atoms with Crippen LogP contribution in [0.15, 0.2) is 0 Å². The lowest BCUT2D eigenvalue weighted by atomic mass is 10.1. The zero-order valence-electron chi connectivity index (χ0n) is 12.5. The van der Waals surface area contributed by atoms with Gasteiger partial charge in [-0.2, -0.15) is 0 Å². The predicted octanol–water partition coefficient (Wildman–Crippen LogP) is 0.557. The average molecular weight is 287 g/mol. The summed E-state index contributed by atoms with van der Waals surface area (Å²) in [4.78, 5) is 33.7. The molecule has 0 bridgehead atoms. The van der Waals surface area contributed by atoms with Gasteiger partial charge < -0.3 is 21.1 Å². The Kier molecular flexibility index (Phi) is 8.35. The lowest BCUT2D eigenvalue weighted by molar-refractivity contribution is -0.141. The maximum atomic E-state index is 11.6. The molecular formula is C13H25N3O4. The van der Waals surface area contributed by atoms with Crippen molar-refractivity contribution in [3.05, 3.63) is 0 Å². The molecule has 0 radical (unpaired) electrons. The van der Waals surface area contributed by atoms with Crippen LogP contribution in [0.3, 0.4) is 0 Å². The van der Waals surface area contributed by atoms with E-state index < -0.39 is 24.0 Å². The van der Waals surface area contributed by atoms with E-state index in [0.717, 1.165) is 0 Å². The van der Waals surface area contributed by atoms with Crippen LogP contribution in [-0.2, 0) is 9.59 Å². The SMILES string of the molecule is CC(C)CNC(=O)C(C)NC(=O)NCCC(C)C(=O)O. The standard InChI is InChI=1S/C13H25N3O4/c1-8(2)7-15-11(17)10(4)16-13(20)14-6-5-9(3)12(18)19/h8-10H,5-7H2,1-4H3,(H,15,17)(H,18,19)(H2,14,16,20). The first-order valence-corrected chi connectivity index (χ1v) is 6.79. The largest absolute Gasteiger partial charge is 0.481 e. The molecule has 7 nitrogen and oxygen atoms in total. The predicted molar refractivity (Wildman–Crippen MR) is 75.3 cm³/mol. The molecule has 3 amide bonds. The minimum atomic E-state index is -0.895. The molecule has 0 rings (SSSR count). The highest BCUT2D eigenvalue weighted by Crippen LogP contribution is 1.99. The van der Waals surface area contributed by atoms with Gasteiger partial charge in [-0.3, -0.25) is 9.59 Å². The van der Waals surface area contributed by atoms with Crippen LogP contribution in [0.25, 0.3) is 0 Å². The van der Waals surface area contributed by atoms with Crippen LogP contribution in [0.1, 0.15) is 34.1 Å². The Balaban J connectivity index is 3.90. The van der Waals surface area contributed by atoms with Crippen molar-refractivity contribution < 1.29 is 19.5 Å². The van der Waals surface area contributed by atoms with Crippen LogP contribution in [0.2, 0.25) is 0 Å². The van der Waals surface area contributed by atoms with Crippen molar-refractivity contribution in [2.45, 2.75) is 40.2 Å².